The summed E-state index contributed by atoms with van der Waals surface area (Å²) in [7, 11) is 7.85. The number of amides is 1. The van der Waals surface area contributed by atoms with Crippen molar-refractivity contribution in [2.24, 2.45) is 9.98 Å². The number of aromatic hydroxyl groups is 1. The number of rotatable bonds is 7. The van der Waals surface area contributed by atoms with E-state index in [9.17, 15) is 14.7 Å². The first-order valence-corrected chi connectivity index (χ1v) is 10.3. The molecule has 0 atom stereocenters. The van der Waals surface area contributed by atoms with Gasteiger partial charge in [-0.25, -0.2) is 4.99 Å². The molecule has 7 heteroatoms. The highest BCUT2D eigenvalue weighted by atomic mass is 16.3. The van der Waals surface area contributed by atoms with Crippen LogP contribution in [0.2, 0.25) is 0 Å². The molecule has 1 amide bonds. The van der Waals surface area contributed by atoms with Crippen LogP contribution in [0.4, 0.5) is 0 Å². The number of phenols is 1. The van der Waals surface area contributed by atoms with E-state index in [0.717, 1.165) is 24.1 Å². The maximum absolute atomic E-state index is 12.6. The fraction of sp³-hybridized carbons (Fsp3) is 0.333. The topological polar surface area (TPSA) is 85.6 Å². The molecule has 1 aromatic rings. The SMILES string of the molecule is CN(C)CCC1=C2C(=O)C=CC(c3ccc(O)c4c3=NC(=O)C=4CCN(C)C)=C2N=C1. The average Bonchev–Trinajstić information content (AvgIpc) is 3.28. The lowest BCUT2D eigenvalue weighted by atomic mass is 9.89. The second kappa shape index (κ2) is 8.17. The first-order valence-electron chi connectivity index (χ1n) is 10.3. The quantitative estimate of drug-likeness (QED) is 0.709. The van der Waals surface area contributed by atoms with Gasteiger partial charge in [0.1, 0.15) is 5.75 Å². The molecule has 31 heavy (non-hydrogen) atoms. The highest BCUT2D eigenvalue weighted by Crippen LogP contribution is 2.35. The van der Waals surface area contributed by atoms with Gasteiger partial charge in [-0.3, -0.25) is 14.6 Å². The number of nitrogens with zero attached hydrogens (tertiary/aromatic N) is 4. The van der Waals surface area contributed by atoms with Gasteiger partial charge in [0.05, 0.1) is 21.8 Å². The predicted molar refractivity (Wildman–Crippen MR) is 120 cm³/mol. The Kier molecular flexibility index (Phi) is 5.56. The molecule has 3 aliphatic rings. The van der Waals surface area contributed by atoms with Crippen LogP contribution in [0.25, 0.3) is 11.1 Å². The van der Waals surface area contributed by atoms with Crippen molar-refractivity contribution in [3.63, 3.8) is 0 Å². The third-order valence-electron chi connectivity index (χ3n) is 5.67. The van der Waals surface area contributed by atoms with Gasteiger partial charge >= 0.3 is 0 Å². The second-order valence-electron chi connectivity index (χ2n) is 8.48. The highest BCUT2D eigenvalue weighted by Gasteiger charge is 2.29. The van der Waals surface area contributed by atoms with Crippen LogP contribution in [0.1, 0.15) is 18.4 Å². The zero-order valence-corrected chi connectivity index (χ0v) is 18.3. The van der Waals surface area contributed by atoms with E-state index in [0.29, 0.717) is 45.9 Å². The lowest BCUT2D eigenvalue weighted by Gasteiger charge is -2.15. The van der Waals surface area contributed by atoms with Gasteiger partial charge in [-0.05, 0) is 70.9 Å². The van der Waals surface area contributed by atoms with Crippen LogP contribution in [0.3, 0.4) is 0 Å². The predicted octanol–water partition coefficient (Wildman–Crippen LogP) is 0.837. The summed E-state index contributed by atoms with van der Waals surface area (Å²) >= 11 is 0. The molecule has 0 unspecified atom stereocenters. The van der Waals surface area contributed by atoms with Crippen molar-refractivity contribution < 1.29 is 14.7 Å². The van der Waals surface area contributed by atoms with Gasteiger partial charge in [-0.1, -0.05) is 0 Å². The Hall–Kier alpha value is -3.16. The van der Waals surface area contributed by atoms with Crippen LogP contribution in [0, 0.1) is 0 Å². The molecule has 0 aromatic heterocycles. The van der Waals surface area contributed by atoms with E-state index in [1.807, 2.05) is 33.1 Å². The first kappa shape index (κ1) is 21.1. The minimum absolute atomic E-state index is 0.0425. The summed E-state index contributed by atoms with van der Waals surface area (Å²) in [6.45, 7) is 1.49. The molecule has 0 saturated carbocycles. The highest BCUT2D eigenvalue weighted by molar-refractivity contribution is 6.19. The van der Waals surface area contributed by atoms with Crippen LogP contribution in [-0.4, -0.2) is 74.1 Å². The van der Waals surface area contributed by atoms with Gasteiger partial charge in [0.2, 0.25) is 0 Å². The summed E-state index contributed by atoms with van der Waals surface area (Å²) in [4.78, 5) is 38.2. The van der Waals surface area contributed by atoms with E-state index in [2.05, 4.69) is 14.9 Å². The third kappa shape index (κ3) is 3.82. The number of carbonyl (C=O) groups excluding carboxylic acids is 2. The van der Waals surface area contributed by atoms with Gasteiger partial charge in [0.25, 0.3) is 5.91 Å². The second-order valence-corrected chi connectivity index (χ2v) is 8.48. The summed E-state index contributed by atoms with van der Waals surface area (Å²) < 4.78 is 0. The van der Waals surface area contributed by atoms with Crippen LogP contribution in [0.5, 0.6) is 5.75 Å². The number of hydrogen-bond donors (Lipinski definition) is 1. The Morgan fingerprint density at radius 1 is 0.968 bits per heavy atom. The van der Waals surface area contributed by atoms with Gasteiger partial charge < -0.3 is 14.9 Å². The van der Waals surface area contributed by atoms with Crippen LogP contribution in [0.15, 0.2) is 51.1 Å². The van der Waals surface area contributed by atoms with Crippen molar-refractivity contribution in [3.05, 3.63) is 57.3 Å². The Morgan fingerprint density at radius 3 is 2.39 bits per heavy atom. The van der Waals surface area contributed by atoms with E-state index in [-0.39, 0.29) is 17.4 Å². The lowest BCUT2D eigenvalue weighted by molar-refractivity contribution is -0.113. The number of aliphatic imine (C=N–C) groups is 1. The normalized spacial score (nSPS) is 17.4. The fourth-order valence-corrected chi connectivity index (χ4v) is 4.03. The van der Waals surface area contributed by atoms with E-state index < -0.39 is 0 Å². The number of fused-ring (bicyclic) bond motifs is 2. The molecule has 0 radical (unpaired) electrons. The first-order chi connectivity index (χ1) is 14.8. The molecule has 0 fully saturated rings. The average molecular weight is 418 g/mol. The van der Waals surface area contributed by atoms with Gasteiger partial charge in [0, 0.05) is 36.0 Å². The molecule has 0 spiro atoms. The summed E-state index contributed by atoms with van der Waals surface area (Å²) in [5.74, 6) is -0.342. The van der Waals surface area contributed by atoms with Crippen molar-refractivity contribution in [1.29, 1.82) is 0 Å². The number of phenolic OH excluding ortho intramolecular Hbond substituents is 1. The molecule has 1 aliphatic carbocycles. The molecule has 7 nitrogen and oxygen atoms in total. The Labute approximate surface area is 181 Å². The number of allylic oxidation sites excluding steroid dienone is 4. The number of ketones is 1. The minimum Gasteiger partial charge on any atom is -0.507 e. The van der Waals surface area contributed by atoms with E-state index in [1.54, 1.807) is 30.5 Å². The molecule has 2 heterocycles. The van der Waals surface area contributed by atoms with Crippen molar-refractivity contribution in [3.8, 4) is 5.75 Å². The zero-order chi connectivity index (χ0) is 22.3. The van der Waals surface area contributed by atoms with Crippen LogP contribution in [-0.2, 0) is 9.59 Å². The number of benzene rings is 1. The molecule has 4 rings (SSSR count). The van der Waals surface area contributed by atoms with Crippen molar-refractivity contribution in [2.75, 3.05) is 41.3 Å². The molecular formula is C24H26N4O3. The van der Waals surface area contributed by atoms with Gasteiger partial charge in [-0.2, -0.15) is 0 Å². The molecule has 2 aliphatic heterocycles. The standard InChI is InChI=1S/C24H26N4O3/c1-27(2)11-9-14-13-25-22-15(5-7-18(29)20(14)22)16-6-8-19(30)21-17(10-12-28(3)4)24(31)26-23(16)21/h5-8,13,30H,9-12H2,1-4H3. The monoisotopic (exact) mass is 418 g/mol. The summed E-state index contributed by atoms with van der Waals surface area (Å²) in [6.07, 6.45) is 6.26. The molecule has 0 bridgehead atoms. The Bertz CT molecular complexity index is 1230. The minimum atomic E-state index is -0.321. The summed E-state index contributed by atoms with van der Waals surface area (Å²) in [5, 5.41) is 11.5. The maximum atomic E-state index is 12.6. The summed E-state index contributed by atoms with van der Waals surface area (Å²) in [5.41, 5.74) is 4.09. The largest absolute Gasteiger partial charge is 0.507 e. The molecule has 1 N–H and O–H groups in total. The number of carbonyl (C=O) groups is 2. The Balaban J connectivity index is 1.87. The number of hydrogen-bond acceptors (Lipinski definition) is 6. The molecule has 0 saturated heterocycles. The van der Waals surface area contributed by atoms with E-state index >= 15 is 0 Å². The van der Waals surface area contributed by atoms with Crippen LogP contribution >= 0.6 is 0 Å². The van der Waals surface area contributed by atoms with Gasteiger partial charge in [0.15, 0.2) is 5.78 Å². The maximum Gasteiger partial charge on any atom is 0.274 e. The summed E-state index contributed by atoms with van der Waals surface area (Å²) in [6, 6.07) is 3.33. The molecular weight excluding hydrogens is 392 g/mol. The van der Waals surface area contributed by atoms with E-state index in [1.165, 1.54) is 0 Å². The van der Waals surface area contributed by atoms with Crippen LogP contribution < -0.4 is 10.6 Å². The Morgan fingerprint density at radius 2 is 1.68 bits per heavy atom. The smallest absolute Gasteiger partial charge is 0.274 e. The molecule has 1 aromatic carbocycles. The van der Waals surface area contributed by atoms with Crippen molar-refractivity contribution >= 4 is 29.1 Å². The van der Waals surface area contributed by atoms with E-state index in [4.69, 9.17) is 0 Å². The fourth-order valence-electron chi connectivity index (χ4n) is 4.03. The van der Waals surface area contributed by atoms with Crippen molar-refractivity contribution in [1.82, 2.24) is 9.80 Å². The lowest BCUT2D eigenvalue weighted by Crippen LogP contribution is -2.28. The third-order valence-corrected chi connectivity index (χ3v) is 5.67. The van der Waals surface area contributed by atoms with Crippen molar-refractivity contribution in [2.45, 2.75) is 12.8 Å². The zero-order valence-electron chi connectivity index (χ0n) is 18.3. The molecule has 160 valence electrons. The van der Waals surface area contributed by atoms with Gasteiger partial charge in [-0.15, -0.1) is 0 Å².